The molecule has 3 heterocycles. The van der Waals surface area contributed by atoms with E-state index in [4.69, 9.17) is 0 Å². The number of rotatable bonds is 4. The summed E-state index contributed by atoms with van der Waals surface area (Å²) in [6.07, 6.45) is 4.65. The average Bonchev–Trinajstić information content (AvgIpc) is 3.10. The molecule has 2 aromatic heterocycles. The molecule has 1 amide bonds. The molecule has 0 radical (unpaired) electrons. The van der Waals surface area contributed by atoms with Crippen molar-refractivity contribution in [2.45, 2.75) is 17.9 Å². The van der Waals surface area contributed by atoms with Crippen molar-refractivity contribution in [2.75, 3.05) is 11.9 Å². The predicted molar refractivity (Wildman–Crippen MR) is 99.8 cm³/mol. The molecule has 1 N–H and O–H groups in total. The highest BCUT2D eigenvalue weighted by atomic mass is 32.2. The first-order chi connectivity index (χ1) is 13.4. The van der Waals surface area contributed by atoms with E-state index in [9.17, 15) is 17.6 Å². The Labute approximate surface area is 164 Å². The molecule has 0 fully saturated rings. The molecule has 8 nitrogen and oxygen atoms in total. The summed E-state index contributed by atoms with van der Waals surface area (Å²) in [4.78, 5) is 25.1. The lowest BCUT2D eigenvalue weighted by molar-refractivity contribution is 0.102. The third kappa shape index (κ3) is 3.63. The Hall–Kier alpha value is -2.76. The van der Waals surface area contributed by atoms with Crippen LogP contribution in [0, 0.1) is 5.82 Å². The first-order valence-corrected chi connectivity index (χ1v) is 10.5. The fourth-order valence-corrected chi connectivity index (χ4v) is 5.27. The van der Waals surface area contributed by atoms with Crippen LogP contribution < -0.4 is 5.32 Å². The fraction of sp³-hybridized carbons (Fsp3) is 0.176. The normalized spacial score (nSPS) is 14.5. The number of nitrogens with one attached hydrogen (secondary N) is 1. The summed E-state index contributed by atoms with van der Waals surface area (Å²) in [6.45, 7) is 0.404. The van der Waals surface area contributed by atoms with Crippen molar-refractivity contribution in [1.29, 1.82) is 0 Å². The summed E-state index contributed by atoms with van der Waals surface area (Å²) in [7, 11) is -3.74. The van der Waals surface area contributed by atoms with Crippen LogP contribution in [0.4, 0.5) is 9.52 Å². The minimum atomic E-state index is -3.74. The van der Waals surface area contributed by atoms with Gasteiger partial charge in [-0.3, -0.25) is 15.1 Å². The number of hydrogen-bond donors (Lipinski definition) is 1. The van der Waals surface area contributed by atoms with Gasteiger partial charge >= 0.3 is 0 Å². The van der Waals surface area contributed by atoms with E-state index < -0.39 is 21.7 Å². The van der Waals surface area contributed by atoms with E-state index in [1.807, 2.05) is 0 Å². The topological polar surface area (TPSA) is 105 Å². The average molecular weight is 419 g/mol. The summed E-state index contributed by atoms with van der Waals surface area (Å²) >= 11 is 1.22. The number of anilines is 1. The van der Waals surface area contributed by atoms with Crippen molar-refractivity contribution in [1.82, 2.24) is 19.3 Å². The highest BCUT2D eigenvalue weighted by molar-refractivity contribution is 7.89. The Kier molecular flexibility index (Phi) is 4.87. The fourth-order valence-electron chi connectivity index (χ4n) is 2.76. The molecular formula is C17H14FN5O3S2. The van der Waals surface area contributed by atoms with E-state index in [0.717, 1.165) is 22.7 Å². The molecule has 0 bridgehead atoms. The van der Waals surface area contributed by atoms with Gasteiger partial charge in [-0.15, -0.1) is 11.3 Å². The van der Waals surface area contributed by atoms with Gasteiger partial charge in [0.15, 0.2) is 5.13 Å². The molecule has 144 valence electrons. The van der Waals surface area contributed by atoms with Crippen LogP contribution in [0.25, 0.3) is 0 Å². The van der Waals surface area contributed by atoms with Crippen molar-refractivity contribution < 1.29 is 17.6 Å². The quantitative estimate of drug-likeness (QED) is 0.694. The van der Waals surface area contributed by atoms with Gasteiger partial charge in [0, 0.05) is 30.2 Å². The van der Waals surface area contributed by atoms with Crippen LogP contribution in [0.15, 0.2) is 47.8 Å². The Morgan fingerprint density at radius 1 is 1.21 bits per heavy atom. The van der Waals surface area contributed by atoms with Gasteiger partial charge in [0.25, 0.3) is 5.91 Å². The van der Waals surface area contributed by atoms with Gasteiger partial charge in [-0.25, -0.2) is 22.8 Å². The number of carbonyl (C=O) groups is 1. The molecule has 0 saturated heterocycles. The maximum absolute atomic E-state index is 13.1. The molecule has 0 spiro atoms. The van der Waals surface area contributed by atoms with E-state index in [2.05, 4.69) is 20.3 Å². The van der Waals surface area contributed by atoms with Crippen molar-refractivity contribution in [2.24, 2.45) is 0 Å². The van der Waals surface area contributed by atoms with Crippen molar-refractivity contribution in [3.05, 3.63) is 64.9 Å². The van der Waals surface area contributed by atoms with Crippen LogP contribution in [0.1, 0.15) is 21.1 Å². The maximum atomic E-state index is 13.1. The lowest BCUT2D eigenvalue weighted by Gasteiger charge is -2.25. The molecule has 3 aromatic rings. The lowest BCUT2D eigenvalue weighted by Crippen LogP contribution is -2.35. The summed E-state index contributed by atoms with van der Waals surface area (Å²) in [5, 5.41) is 3.04. The molecular weight excluding hydrogens is 405 g/mol. The van der Waals surface area contributed by atoms with Gasteiger partial charge in [-0.05, 0) is 24.3 Å². The number of sulfonamides is 1. The van der Waals surface area contributed by atoms with E-state index in [1.165, 1.54) is 46.4 Å². The van der Waals surface area contributed by atoms with Crippen LogP contribution in [0.3, 0.4) is 0 Å². The second-order valence-electron chi connectivity index (χ2n) is 5.98. The molecule has 0 atom stereocenters. The number of amides is 1. The Balaban J connectivity index is 1.52. The summed E-state index contributed by atoms with van der Waals surface area (Å²) in [6, 6.07) is 4.74. The monoisotopic (exact) mass is 419 g/mol. The van der Waals surface area contributed by atoms with Crippen LogP contribution in [0.2, 0.25) is 0 Å². The van der Waals surface area contributed by atoms with Crippen LogP contribution in [-0.2, 0) is 23.0 Å². The Morgan fingerprint density at radius 2 is 2.00 bits per heavy atom. The third-order valence-electron chi connectivity index (χ3n) is 4.16. The first kappa shape index (κ1) is 18.6. The van der Waals surface area contributed by atoms with Crippen LogP contribution >= 0.6 is 11.3 Å². The predicted octanol–water partition coefficient (Wildman–Crippen LogP) is 2.07. The van der Waals surface area contributed by atoms with Gasteiger partial charge < -0.3 is 0 Å². The lowest BCUT2D eigenvalue weighted by atomic mass is 10.2. The largest absolute Gasteiger partial charge is 0.296 e. The second kappa shape index (κ2) is 7.34. The van der Waals surface area contributed by atoms with Crippen molar-refractivity contribution >= 4 is 32.4 Å². The van der Waals surface area contributed by atoms with E-state index >= 15 is 0 Å². The molecule has 0 aliphatic carbocycles. The zero-order chi connectivity index (χ0) is 19.7. The minimum Gasteiger partial charge on any atom is -0.296 e. The minimum absolute atomic E-state index is 0.0399. The molecule has 1 aliphatic heterocycles. The number of aromatic nitrogens is 3. The molecule has 1 aromatic carbocycles. The molecule has 11 heteroatoms. The summed E-state index contributed by atoms with van der Waals surface area (Å²) in [5.74, 6) is -0.930. The number of carbonyl (C=O) groups excluding carboxylic acids is 1. The van der Waals surface area contributed by atoms with E-state index in [-0.39, 0.29) is 23.7 Å². The van der Waals surface area contributed by atoms with E-state index in [1.54, 1.807) is 0 Å². The zero-order valence-corrected chi connectivity index (χ0v) is 16.0. The van der Waals surface area contributed by atoms with Gasteiger partial charge in [0.05, 0.1) is 23.3 Å². The van der Waals surface area contributed by atoms with E-state index in [0.29, 0.717) is 11.6 Å². The Morgan fingerprint density at radius 3 is 2.71 bits per heavy atom. The standard InChI is InChI=1S/C17H14FN5O3S2/c18-11-1-3-12(4-2-11)28(25,26)23-8-5-13-15(10-23)27-17(21-13)22-16(24)14-9-19-6-7-20-14/h1-4,6-7,9H,5,8,10H2,(H,21,22,24). The molecule has 0 saturated carbocycles. The molecule has 28 heavy (non-hydrogen) atoms. The number of hydrogen-bond acceptors (Lipinski definition) is 7. The smallest absolute Gasteiger partial charge is 0.277 e. The number of benzene rings is 1. The van der Waals surface area contributed by atoms with Gasteiger partial charge in [-0.2, -0.15) is 4.31 Å². The molecule has 4 rings (SSSR count). The number of halogens is 1. The highest BCUT2D eigenvalue weighted by Gasteiger charge is 2.30. The van der Waals surface area contributed by atoms with Gasteiger partial charge in [-0.1, -0.05) is 0 Å². The number of nitrogens with zero attached hydrogens (tertiary/aromatic N) is 4. The SMILES string of the molecule is O=C(Nc1nc2c(s1)CN(S(=O)(=O)c1ccc(F)cc1)CC2)c1cnccn1. The highest BCUT2D eigenvalue weighted by Crippen LogP contribution is 2.31. The third-order valence-corrected chi connectivity index (χ3v) is 7.02. The first-order valence-electron chi connectivity index (χ1n) is 8.25. The van der Waals surface area contributed by atoms with Crippen LogP contribution in [0.5, 0.6) is 0 Å². The number of fused-ring (bicyclic) bond motifs is 1. The summed E-state index contributed by atoms with van der Waals surface area (Å²) < 4.78 is 40.0. The van der Waals surface area contributed by atoms with Crippen molar-refractivity contribution in [3.63, 3.8) is 0 Å². The zero-order valence-electron chi connectivity index (χ0n) is 14.4. The molecule has 0 unspecified atom stereocenters. The second-order valence-corrected chi connectivity index (χ2v) is 9.00. The number of thiazole rings is 1. The maximum Gasteiger partial charge on any atom is 0.277 e. The molecule has 1 aliphatic rings. The van der Waals surface area contributed by atoms with Gasteiger partial charge in [0.1, 0.15) is 11.5 Å². The van der Waals surface area contributed by atoms with Gasteiger partial charge in [0.2, 0.25) is 10.0 Å². The van der Waals surface area contributed by atoms with Crippen molar-refractivity contribution in [3.8, 4) is 0 Å². The Bertz CT molecular complexity index is 1120. The van der Waals surface area contributed by atoms with Crippen LogP contribution in [-0.4, -0.2) is 40.1 Å². The summed E-state index contributed by atoms with van der Waals surface area (Å²) in [5.41, 5.74) is 0.918.